The van der Waals surface area contributed by atoms with Crippen LogP contribution < -0.4 is 0 Å². The van der Waals surface area contributed by atoms with Crippen LogP contribution in [0, 0.1) is 0 Å². The molecule has 0 atom stereocenters. The molecule has 2 nitrogen and oxygen atoms in total. The Bertz CT molecular complexity index is 1160. The van der Waals surface area contributed by atoms with Crippen LogP contribution >= 0.6 is 0 Å². The third-order valence-corrected chi connectivity index (χ3v) is 6.01. The van der Waals surface area contributed by atoms with E-state index < -0.39 is 102 Å². The highest BCUT2D eigenvalue weighted by molar-refractivity contribution is 5.18. The van der Waals surface area contributed by atoms with Crippen molar-refractivity contribution in [3.05, 3.63) is 0 Å². The molecule has 0 aromatic carbocycles. The Morgan fingerprint density at radius 2 is 0.358 bits per heavy atom. The van der Waals surface area contributed by atoms with Gasteiger partial charge in [-0.15, -0.1) is 0 Å². The standard InChI is InChI=1S/C17H2F34O2/c18-2(12(36,37)38,13(39,40)41)4(20,21)6(24,25)8(28,29)10(32,33)16(48,49)52-1-53-17(50,51)11(34,35)9(30,31)7(26,27)5(22,23)3(19,14(42,43)44)15(45,46)47/h1H2. The zero-order valence-electron chi connectivity index (χ0n) is 22.4. The van der Waals surface area contributed by atoms with Crippen molar-refractivity contribution in [2.24, 2.45) is 0 Å². The minimum Gasteiger partial charge on any atom is -0.288 e. The molecule has 0 bridgehead atoms. The maximum absolute atomic E-state index is 13.6. The van der Waals surface area contributed by atoms with Crippen LogP contribution in [0.1, 0.15) is 0 Å². The third-order valence-electron chi connectivity index (χ3n) is 6.01. The van der Waals surface area contributed by atoms with Crippen LogP contribution in [0.15, 0.2) is 0 Å². The average Bonchev–Trinajstić information content (AvgIpc) is 2.88. The predicted octanol–water partition coefficient (Wildman–Crippen LogP) is 10.9. The van der Waals surface area contributed by atoms with E-state index in [0.717, 1.165) is 0 Å². The van der Waals surface area contributed by atoms with E-state index >= 15 is 0 Å². The number of rotatable bonds is 14. The monoisotopic (exact) mass is 884 g/mol. The maximum atomic E-state index is 13.6. The molecule has 0 aliphatic rings. The number of alkyl halides is 34. The summed E-state index contributed by atoms with van der Waals surface area (Å²) in [4.78, 5) is 0. The summed E-state index contributed by atoms with van der Waals surface area (Å²) in [7, 11) is 0. The third kappa shape index (κ3) is 6.47. The fraction of sp³-hybridized carbons (Fsp3) is 1.00. The van der Waals surface area contributed by atoms with E-state index in [2.05, 4.69) is 0 Å². The number of halogens is 34. The Morgan fingerprint density at radius 3 is 0.509 bits per heavy atom. The molecule has 0 spiro atoms. The van der Waals surface area contributed by atoms with Gasteiger partial charge < -0.3 is 0 Å². The lowest BCUT2D eigenvalue weighted by Crippen LogP contribution is -2.77. The molecule has 320 valence electrons. The number of hydrogen-bond acceptors (Lipinski definition) is 2. The summed E-state index contributed by atoms with van der Waals surface area (Å²) in [6, 6.07) is 0. The minimum absolute atomic E-state index is 1.60. The molecule has 0 saturated heterocycles. The second-order valence-corrected chi connectivity index (χ2v) is 9.34. The molecule has 0 radical (unpaired) electrons. The van der Waals surface area contributed by atoms with Crippen molar-refractivity contribution in [3.8, 4) is 0 Å². The highest BCUT2D eigenvalue weighted by atomic mass is 19.5. The van der Waals surface area contributed by atoms with Gasteiger partial charge in [0.05, 0.1) is 0 Å². The molecule has 0 aliphatic carbocycles. The van der Waals surface area contributed by atoms with Crippen LogP contribution in [-0.2, 0) is 9.47 Å². The molecule has 0 N–H and O–H groups in total. The zero-order chi connectivity index (χ0) is 44.1. The summed E-state index contributed by atoms with van der Waals surface area (Å²) in [5, 5.41) is 0. The van der Waals surface area contributed by atoms with E-state index in [0.29, 0.717) is 0 Å². The molecule has 0 rings (SSSR count). The maximum Gasteiger partial charge on any atom is 0.438 e. The Balaban J connectivity index is 6.93. The van der Waals surface area contributed by atoms with Crippen molar-refractivity contribution in [2.75, 3.05) is 6.79 Å². The van der Waals surface area contributed by atoms with Gasteiger partial charge >= 0.3 is 95.6 Å². The van der Waals surface area contributed by atoms with Gasteiger partial charge in [0.15, 0.2) is 6.79 Å². The Morgan fingerprint density at radius 1 is 0.208 bits per heavy atom. The summed E-state index contributed by atoms with van der Waals surface area (Å²) in [5.41, 5.74) is -18.3. The lowest BCUT2D eigenvalue weighted by atomic mass is 9.85. The van der Waals surface area contributed by atoms with Crippen LogP contribution in [0.25, 0.3) is 0 Å². The largest absolute Gasteiger partial charge is 0.438 e. The summed E-state index contributed by atoms with van der Waals surface area (Å²) in [5.74, 6) is -74.8. The van der Waals surface area contributed by atoms with Crippen LogP contribution in [0.5, 0.6) is 0 Å². The normalized spacial score (nSPS) is 17.1. The van der Waals surface area contributed by atoms with Crippen molar-refractivity contribution >= 4 is 0 Å². The first kappa shape index (κ1) is 50.5. The van der Waals surface area contributed by atoms with Gasteiger partial charge in [-0.1, -0.05) is 0 Å². The van der Waals surface area contributed by atoms with E-state index in [1.807, 2.05) is 0 Å². The fourth-order valence-corrected chi connectivity index (χ4v) is 2.98. The molecule has 0 unspecified atom stereocenters. The van der Waals surface area contributed by atoms with E-state index in [-0.39, 0.29) is 0 Å². The van der Waals surface area contributed by atoms with Gasteiger partial charge in [0.1, 0.15) is 0 Å². The first-order valence-electron chi connectivity index (χ1n) is 10.9. The highest BCUT2D eigenvalue weighted by Crippen LogP contribution is 2.67. The fourth-order valence-electron chi connectivity index (χ4n) is 2.98. The molecule has 0 aliphatic heterocycles. The Labute approximate surface area is 262 Å². The van der Waals surface area contributed by atoms with Gasteiger partial charge in [0.25, 0.3) is 0 Å². The van der Waals surface area contributed by atoms with Crippen LogP contribution in [0.3, 0.4) is 0 Å². The average molecular weight is 884 g/mol. The van der Waals surface area contributed by atoms with Crippen molar-refractivity contribution < 1.29 is 159 Å². The lowest BCUT2D eigenvalue weighted by Gasteiger charge is -2.44. The topological polar surface area (TPSA) is 18.5 Å². The van der Waals surface area contributed by atoms with Crippen LogP contribution in [0.2, 0.25) is 0 Å². The molecule has 0 heterocycles. The Kier molecular flexibility index (Phi) is 11.9. The van der Waals surface area contributed by atoms with Crippen molar-refractivity contribution in [2.45, 2.75) is 95.6 Å². The molecule has 0 aromatic heterocycles. The van der Waals surface area contributed by atoms with Gasteiger partial charge in [-0.2, -0.15) is 140 Å². The quantitative estimate of drug-likeness (QED) is 0.128. The first-order valence-corrected chi connectivity index (χ1v) is 10.9. The summed E-state index contributed by atoms with van der Waals surface area (Å²) in [6.07, 6.45) is -51.3. The summed E-state index contributed by atoms with van der Waals surface area (Å²) in [6.45, 7) is -4.61. The summed E-state index contributed by atoms with van der Waals surface area (Å²) >= 11 is 0. The van der Waals surface area contributed by atoms with E-state index in [1.165, 1.54) is 0 Å². The van der Waals surface area contributed by atoms with Crippen molar-refractivity contribution in [1.29, 1.82) is 0 Å². The van der Waals surface area contributed by atoms with Gasteiger partial charge in [-0.05, 0) is 0 Å². The molecule has 0 fully saturated rings. The zero-order valence-corrected chi connectivity index (χ0v) is 22.4. The van der Waals surface area contributed by atoms with Crippen molar-refractivity contribution in [1.82, 2.24) is 0 Å². The first-order chi connectivity index (χ1) is 22.2. The number of ether oxygens (including phenoxy) is 2. The van der Waals surface area contributed by atoms with Gasteiger partial charge in [-0.25, -0.2) is 8.78 Å². The van der Waals surface area contributed by atoms with Gasteiger partial charge in [0, 0.05) is 0 Å². The van der Waals surface area contributed by atoms with E-state index in [1.54, 1.807) is 9.47 Å². The second-order valence-electron chi connectivity index (χ2n) is 9.34. The predicted molar refractivity (Wildman–Crippen MR) is 88.4 cm³/mol. The van der Waals surface area contributed by atoms with Crippen LogP contribution in [0.4, 0.5) is 149 Å². The smallest absolute Gasteiger partial charge is 0.288 e. The Hall–Kier alpha value is -2.46. The van der Waals surface area contributed by atoms with Gasteiger partial charge in [-0.3, -0.25) is 9.47 Å². The molecule has 0 aromatic rings. The molecule has 0 amide bonds. The lowest BCUT2D eigenvalue weighted by molar-refractivity contribution is -0.497. The highest BCUT2D eigenvalue weighted by Gasteiger charge is 2.99. The van der Waals surface area contributed by atoms with E-state index in [9.17, 15) is 149 Å². The molecular formula is C17H2F34O2. The minimum atomic E-state index is -9.49. The van der Waals surface area contributed by atoms with Crippen molar-refractivity contribution in [3.63, 3.8) is 0 Å². The second kappa shape index (κ2) is 12.5. The van der Waals surface area contributed by atoms with Crippen LogP contribution in [-0.4, -0.2) is 102 Å². The molecule has 0 saturated carbocycles. The van der Waals surface area contributed by atoms with Gasteiger partial charge in [0.2, 0.25) is 0 Å². The number of hydrogen-bond donors (Lipinski definition) is 0. The summed E-state index contributed by atoms with van der Waals surface area (Å²) < 4.78 is 449. The molecular weight excluding hydrogens is 882 g/mol. The molecule has 53 heavy (non-hydrogen) atoms. The van der Waals surface area contributed by atoms with E-state index in [4.69, 9.17) is 0 Å². The molecule has 36 heteroatoms. The SMILES string of the molecule is FC(F)(F)C(F)(C(F)(F)F)C(F)(F)C(F)(F)C(F)(F)C(F)(F)C(F)(F)OCOC(F)(F)C(F)(F)C(F)(F)C(F)(F)C(F)(F)C(F)(C(F)(F)F)C(F)(F)F.